The molecule has 0 amide bonds. The van der Waals surface area contributed by atoms with Crippen LogP contribution in [0, 0.1) is 17.1 Å². The van der Waals surface area contributed by atoms with Gasteiger partial charge in [-0.15, -0.1) is 0 Å². The minimum absolute atomic E-state index is 0.137. The lowest BCUT2D eigenvalue weighted by molar-refractivity contribution is 0.475. The Morgan fingerprint density at radius 3 is 2.31 bits per heavy atom. The Morgan fingerprint density at radius 2 is 1.75 bits per heavy atom. The van der Waals surface area contributed by atoms with E-state index in [1.54, 1.807) is 24.3 Å². The van der Waals surface area contributed by atoms with E-state index in [9.17, 15) is 4.39 Å². The van der Waals surface area contributed by atoms with Crippen LogP contribution in [0.5, 0.6) is 5.75 Å². The Bertz CT molecular complexity index is 555. The maximum absolute atomic E-state index is 13.6. The van der Waals surface area contributed by atoms with Gasteiger partial charge in [0.25, 0.3) is 0 Å². The van der Waals surface area contributed by atoms with Crippen LogP contribution >= 0.6 is 0 Å². The van der Waals surface area contributed by atoms with Crippen LogP contribution in [0.1, 0.15) is 5.56 Å². The number of hydrogen-bond acceptors (Lipinski definition) is 2. The minimum Gasteiger partial charge on any atom is -0.508 e. The van der Waals surface area contributed by atoms with E-state index in [-0.39, 0.29) is 5.75 Å². The summed E-state index contributed by atoms with van der Waals surface area (Å²) in [5.41, 5.74) is 1.37. The van der Waals surface area contributed by atoms with Gasteiger partial charge in [-0.1, -0.05) is 18.2 Å². The molecule has 0 atom stereocenters. The molecule has 2 aromatic carbocycles. The molecule has 0 fully saturated rings. The fraction of sp³-hybridized carbons (Fsp3) is 0. The lowest BCUT2D eigenvalue weighted by Gasteiger charge is -2.03. The van der Waals surface area contributed by atoms with Crippen molar-refractivity contribution >= 4 is 0 Å². The molecular formula is C13H8FNO. The maximum atomic E-state index is 13.6. The van der Waals surface area contributed by atoms with Gasteiger partial charge in [-0.25, -0.2) is 4.39 Å². The van der Waals surface area contributed by atoms with Crippen LogP contribution in [0.25, 0.3) is 11.1 Å². The lowest BCUT2D eigenvalue weighted by Crippen LogP contribution is -1.85. The highest BCUT2D eigenvalue weighted by Crippen LogP contribution is 2.25. The molecule has 0 bridgehead atoms. The summed E-state index contributed by atoms with van der Waals surface area (Å²) >= 11 is 0. The summed E-state index contributed by atoms with van der Waals surface area (Å²) in [6.07, 6.45) is 0. The van der Waals surface area contributed by atoms with E-state index in [2.05, 4.69) is 0 Å². The second-order valence-corrected chi connectivity index (χ2v) is 3.35. The smallest absolute Gasteiger partial charge is 0.132 e. The van der Waals surface area contributed by atoms with Crippen molar-refractivity contribution < 1.29 is 9.50 Å². The minimum atomic E-state index is -0.440. The van der Waals surface area contributed by atoms with Crippen LogP contribution in [0.2, 0.25) is 0 Å². The highest BCUT2D eigenvalue weighted by atomic mass is 19.1. The van der Waals surface area contributed by atoms with Crippen molar-refractivity contribution in [2.45, 2.75) is 0 Å². The van der Waals surface area contributed by atoms with E-state index in [1.807, 2.05) is 6.07 Å². The second kappa shape index (κ2) is 4.03. The Balaban J connectivity index is 2.49. The van der Waals surface area contributed by atoms with Crippen molar-refractivity contribution in [1.29, 1.82) is 5.26 Å². The highest BCUT2D eigenvalue weighted by Gasteiger charge is 2.05. The number of rotatable bonds is 1. The highest BCUT2D eigenvalue weighted by molar-refractivity contribution is 5.65. The summed E-state index contributed by atoms with van der Waals surface area (Å²) in [4.78, 5) is 0. The number of halogens is 1. The molecule has 0 aliphatic carbocycles. The zero-order valence-corrected chi connectivity index (χ0v) is 8.31. The third kappa shape index (κ3) is 1.86. The second-order valence-electron chi connectivity index (χ2n) is 3.35. The Kier molecular flexibility index (Phi) is 2.57. The summed E-state index contributed by atoms with van der Waals surface area (Å²) in [5.74, 6) is -0.303. The number of aromatic hydroxyl groups is 1. The monoisotopic (exact) mass is 213 g/mol. The number of hydrogen-bond donors (Lipinski definition) is 1. The van der Waals surface area contributed by atoms with Gasteiger partial charge in [0.1, 0.15) is 11.6 Å². The largest absolute Gasteiger partial charge is 0.508 e. The van der Waals surface area contributed by atoms with Crippen LogP contribution in [-0.2, 0) is 0 Å². The summed E-state index contributed by atoms with van der Waals surface area (Å²) in [5, 5.41) is 17.7. The van der Waals surface area contributed by atoms with E-state index in [0.717, 1.165) is 0 Å². The maximum Gasteiger partial charge on any atom is 0.132 e. The number of phenols is 1. The van der Waals surface area contributed by atoms with Crippen molar-refractivity contribution in [1.82, 2.24) is 0 Å². The summed E-state index contributed by atoms with van der Waals surface area (Å²) < 4.78 is 13.6. The van der Waals surface area contributed by atoms with Crippen LogP contribution in [-0.4, -0.2) is 5.11 Å². The van der Waals surface area contributed by atoms with Crippen LogP contribution in [0.4, 0.5) is 4.39 Å². The number of phenolic OH excluding ortho intramolecular Hbond substituents is 1. The molecule has 0 saturated carbocycles. The third-order valence-corrected chi connectivity index (χ3v) is 2.28. The first-order valence-electron chi connectivity index (χ1n) is 4.70. The average molecular weight is 213 g/mol. The van der Waals surface area contributed by atoms with Crippen LogP contribution in [0.15, 0.2) is 42.5 Å². The van der Waals surface area contributed by atoms with E-state index in [0.29, 0.717) is 16.7 Å². The topological polar surface area (TPSA) is 44.0 Å². The normalized spacial score (nSPS) is 9.75. The predicted octanol–water partition coefficient (Wildman–Crippen LogP) is 3.07. The molecule has 0 spiro atoms. The van der Waals surface area contributed by atoms with Crippen LogP contribution < -0.4 is 0 Å². The van der Waals surface area contributed by atoms with Crippen LogP contribution in [0.3, 0.4) is 0 Å². The van der Waals surface area contributed by atoms with Crippen molar-refractivity contribution in [3.05, 3.63) is 53.8 Å². The van der Waals surface area contributed by atoms with Crippen molar-refractivity contribution in [3.63, 3.8) is 0 Å². The first kappa shape index (κ1) is 10.2. The molecular weight excluding hydrogens is 205 g/mol. The lowest BCUT2D eigenvalue weighted by atomic mass is 10.0. The fourth-order valence-electron chi connectivity index (χ4n) is 1.46. The van der Waals surface area contributed by atoms with Gasteiger partial charge in [-0.05, 0) is 29.8 Å². The van der Waals surface area contributed by atoms with E-state index >= 15 is 0 Å². The zero-order valence-electron chi connectivity index (χ0n) is 8.31. The van der Waals surface area contributed by atoms with Crippen molar-refractivity contribution in [2.24, 2.45) is 0 Å². The van der Waals surface area contributed by atoms with E-state index in [4.69, 9.17) is 10.4 Å². The van der Waals surface area contributed by atoms with Gasteiger partial charge in [0.15, 0.2) is 0 Å². The standard InChI is InChI=1S/C13H8FNO/c14-13-7-9(8-15)1-6-12(13)10-2-4-11(16)5-3-10/h1-7,16H. The van der Waals surface area contributed by atoms with E-state index in [1.165, 1.54) is 18.2 Å². The summed E-state index contributed by atoms with van der Waals surface area (Å²) in [6.45, 7) is 0. The Labute approximate surface area is 92.2 Å². The number of nitriles is 1. The molecule has 0 aliphatic heterocycles. The number of nitrogens with zero attached hydrogens (tertiary/aromatic N) is 1. The Morgan fingerprint density at radius 1 is 1.06 bits per heavy atom. The molecule has 1 N–H and O–H groups in total. The molecule has 0 heterocycles. The summed E-state index contributed by atoms with van der Waals surface area (Å²) in [7, 11) is 0. The first-order chi connectivity index (χ1) is 7.70. The molecule has 2 aromatic rings. The van der Waals surface area contributed by atoms with Gasteiger partial charge >= 0.3 is 0 Å². The third-order valence-electron chi connectivity index (χ3n) is 2.28. The quantitative estimate of drug-likeness (QED) is 0.791. The summed E-state index contributed by atoms with van der Waals surface area (Å²) in [6, 6.07) is 12.4. The molecule has 0 aliphatic rings. The van der Waals surface area contributed by atoms with Gasteiger partial charge < -0.3 is 5.11 Å². The molecule has 2 rings (SSSR count). The molecule has 0 saturated heterocycles. The molecule has 2 nitrogen and oxygen atoms in total. The van der Waals surface area contributed by atoms with Crippen molar-refractivity contribution in [3.8, 4) is 22.9 Å². The number of benzene rings is 2. The molecule has 0 unspecified atom stereocenters. The van der Waals surface area contributed by atoms with Gasteiger partial charge in [-0.3, -0.25) is 0 Å². The van der Waals surface area contributed by atoms with Gasteiger partial charge in [-0.2, -0.15) is 5.26 Å². The molecule has 0 aromatic heterocycles. The predicted molar refractivity (Wildman–Crippen MR) is 58.2 cm³/mol. The van der Waals surface area contributed by atoms with Gasteiger partial charge in [0, 0.05) is 5.56 Å². The SMILES string of the molecule is N#Cc1ccc(-c2ccc(O)cc2)c(F)c1. The first-order valence-corrected chi connectivity index (χ1v) is 4.70. The fourth-order valence-corrected chi connectivity index (χ4v) is 1.46. The molecule has 0 radical (unpaired) electrons. The average Bonchev–Trinajstić information content (AvgIpc) is 2.30. The van der Waals surface area contributed by atoms with E-state index < -0.39 is 5.82 Å². The molecule has 16 heavy (non-hydrogen) atoms. The molecule has 78 valence electrons. The molecule has 3 heteroatoms. The zero-order chi connectivity index (χ0) is 11.5. The van der Waals surface area contributed by atoms with Gasteiger partial charge in [0.05, 0.1) is 11.6 Å². The van der Waals surface area contributed by atoms with Crippen molar-refractivity contribution in [2.75, 3.05) is 0 Å². The Hall–Kier alpha value is -2.34. The van der Waals surface area contributed by atoms with Gasteiger partial charge in [0.2, 0.25) is 0 Å².